The summed E-state index contributed by atoms with van der Waals surface area (Å²) in [4.78, 5) is 16.2. The predicted molar refractivity (Wildman–Crippen MR) is 103 cm³/mol. The fourth-order valence-corrected chi connectivity index (χ4v) is 2.52. The zero-order chi connectivity index (χ0) is 18.9. The van der Waals surface area contributed by atoms with Gasteiger partial charge in [-0.3, -0.25) is 4.79 Å². The Bertz CT molecular complexity index is 675. The van der Waals surface area contributed by atoms with Crippen LogP contribution in [0.2, 0.25) is 0 Å². The summed E-state index contributed by atoms with van der Waals surface area (Å²) < 4.78 is 11.2. The van der Waals surface area contributed by atoms with E-state index in [2.05, 4.69) is 36.3 Å². The lowest BCUT2D eigenvalue weighted by Crippen LogP contribution is -2.25. The summed E-state index contributed by atoms with van der Waals surface area (Å²) in [6.45, 7) is 9.64. The zero-order valence-electron chi connectivity index (χ0n) is 16.2. The molecule has 0 aliphatic heterocycles. The quantitative estimate of drug-likeness (QED) is 0.642. The van der Waals surface area contributed by atoms with Crippen molar-refractivity contribution in [1.82, 2.24) is 10.3 Å². The van der Waals surface area contributed by atoms with Gasteiger partial charge in [0.05, 0.1) is 12.3 Å². The fourth-order valence-electron chi connectivity index (χ4n) is 2.52. The monoisotopic (exact) mass is 358 g/mol. The Morgan fingerprint density at radius 1 is 1.19 bits per heavy atom. The lowest BCUT2D eigenvalue weighted by molar-refractivity contribution is -0.121. The maximum Gasteiger partial charge on any atom is 0.220 e. The van der Waals surface area contributed by atoms with Crippen molar-refractivity contribution in [3.05, 3.63) is 41.9 Å². The van der Waals surface area contributed by atoms with E-state index in [0.29, 0.717) is 37.8 Å². The molecular formula is C21H30N2O3. The van der Waals surface area contributed by atoms with Crippen LogP contribution in [-0.4, -0.2) is 30.1 Å². The van der Waals surface area contributed by atoms with Gasteiger partial charge in [0.15, 0.2) is 11.7 Å². The number of hydrogen-bond donors (Lipinski definition) is 1. The van der Waals surface area contributed by atoms with E-state index in [0.717, 1.165) is 17.7 Å². The molecule has 2 rings (SSSR count). The second-order valence-electron chi connectivity index (χ2n) is 7.02. The SMILES string of the molecule is CC(C)OCCCNC(=O)CCc1ncc(-c2ccc(C(C)C)cc2)o1. The summed E-state index contributed by atoms with van der Waals surface area (Å²) in [6, 6.07) is 8.31. The van der Waals surface area contributed by atoms with Crippen molar-refractivity contribution < 1.29 is 13.9 Å². The van der Waals surface area contributed by atoms with Crippen LogP contribution in [0.15, 0.2) is 34.9 Å². The maximum atomic E-state index is 11.9. The van der Waals surface area contributed by atoms with Gasteiger partial charge in [-0.1, -0.05) is 38.1 Å². The first-order valence-electron chi connectivity index (χ1n) is 9.39. The van der Waals surface area contributed by atoms with Gasteiger partial charge in [-0.25, -0.2) is 4.98 Å². The van der Waals surface area contributed by atoms with Gasteiger partial charge in [-0.05, 0) is 31.7 Å². The zero-order valence-corrected chi connectivity index (χ0v) is 16.2. The van der Waals surface area contributed by atoms with Gasteiger partial charge in [0, 0.05) is 31.6 Å². The Kier molecular flexibility index (Phi) is 7.85. The summed E-state index contributed by atoms with van der Waals surface area (Å²) in [5.74, 6) is 1.84. The molecule has 0 saturated carbocycles. The Hall–Kier alpha value is -2.14. The number of aromatic nitrogens is 1. The smallest absolute Gasteiger partial charge is 0.220 e. The van der Waals surface area contributed by atoms with Crippen LogP contribution in [0.25, 0.3) is 11.3 Å². The maximum absolute atomic E-state index is 11.9. The van der Waals surface area contributed by atoms with Crippen molar-refractivity contribution in [2.45, 2.75) is 59.0 Å². The molecular weight excluding hydrogens is 328 g/mol. The van der Waals surface area contributed by atoms with E-state index in [-0.39, 0.29) is 12.0 Å². The van der Waals surface area contributed by atoms with Gasteiger partial charge in [0.2, 0.25) is 5.91 Å². The number of nitrogens with one attached hydrogen (secondary N) is 1. The van der Waals surface area contributed by atoms with E-state index in [1.807, 2.05) is 26.0 Å². The standard InChI is InChI=1S/C21H30N2O3/c1-15(2)17-6-8-18(9-7-17)19-14-23-21(26-19)11-10-20(24)22-12-5-13-25-16(3)4/h6-9,14-16H,5,10-13H2,1-4H3,(H,22,24). The second-order valence-corrected chi connectivity index (χ2v) is 7.02. The minimum atomic E-state index is 0.00980. The van der Waals surface area contributed by atoms with E-state index in [1.54, 1.807) is 6.20 Å². The van der Waals surface area contributed by atoms with Gasteiger partial charge in [-0.15, -0.1) is 0 Å². The van der Waals surface area contributed by atoms with Crippen molar-refractivity contribution in [2.75, 3.05) is 13.2 Å². The number of rotatable bonds is 10. The molecule has 0 aliphatic carbocycles. The molecule has 5 heteroatoms. The Labute approximate surface area is 156 Å². The summed E-state index contributed by atoms with van der Waals surface area (Å²) in [6.07, 6.45) is 3.64. The van der Waals surface area contributed by atoms with E-state index in [9.17, 15) is 4.79 Å². The summed E-state index contributed by atoms with van der Waals surface area (Å²) in [7, 11) is 0. The number of benzene rings is 1. The molecule has 0 spiro atoms. The highest BCUT2D eigenvalue weighted by Gasteiger charge is 2.09. The van der Waals surface area contributed by atoms with E-state index >= 15 is 0 Å². The fraction of sp³-hybridized carbons (Fsp3) is 0.524. The molecule has 0 radical (unpaired) electrons. The third-order valence-electron chi connectivity index (χ3n) is 4.08. The van der Waals surface area contributed by atoms with Crippen molar-refractivity contribution in [3.63, 3.8) is 0 Å². The lowest BCUT2D eigenvalue weighted by Gasteiger charge is -2.07. The molecule has 0 fully saturated rings. The van der Waals surface area contributed by atoms with Crippen LogP contribution in [0, 0.1) is 0 Å². The van der Waals surface area contributed by atoms with Gasteiger partial charge >= 0.3 is 0 Å². The minimum absolute atomic E-state index is 0.00980. The average molecular weight is 358 g/mol. The number of amides is 1. The molecule has 0 saturated heterocycles. The molecule has 1 aromatic heterocycles. The molecule has 1 N–H and O–H groups in total. The molecule has 26 heavy (non-hydrogen) atoms. The number of carbonyl (C=O) groups excluding carboxylic acids is 1. The van der Waals surface area contributed by atoms with E-state index in [4.69, 9.17) is 9.15 Å². The number of oxazole rings is 1. The van der Waals surface area contributed by atoms with Crippen molar-refractivity contribution >= 4 is 5.91 Å². The van der Waals surface area contributed by atoms with Crippen LogP contribution >= 0.6 is 0 Å². The molecule has 0 unspecified atom stereocenters. The van der Waals surface area contributed by atoms with Crippen LogP contribution in [0.3, 0.4) is 0 Å². The number of hydrogen-bond acceptors (Lipinski definition) is 4. The van der Waals surface area contributed by atoms with Gasteiger partial charge < -0.3 is 14.5 Å². The first-order valence-corrected chi connectivity index (χ1v) is 9.39. The van der Waals surface area contributed by atoms with Gasteiger partial charge in [0.25, 0.3) is 0 Å². The van der Waals surface area contributed by atoms with E-state index < -0.39 is 0 Å². The van der Waals surface area contributed by atoms with Crippen molar-refractivity contribution in [1.29, 1.82) is 0 Å². The third kappa shape index (κ3) is 6.64. The third-order valence-corrected chi connectivity index (χ3v) is 4.08. The van der Waals surface area contributed by atoms with Crippen molar-refractivity contribution in [2.24, 2.45) is 0 Å². The Morgan fingerprint density at radius 3 is 2.58 bits per heavy atom. The summed E-state index contributed by atoms with van der Waals surface area (Å²) >= 11 is 0. The largest absolute Gasteiger partial charge is 0.441 e. The molecule has 0 atom stereocenters. The van der Waals surface area contributed by atoms with Crippen LogP contribution in [0.1, 0.15) is 57.9 Å². The molecule has 0 bridgehead atoms. The molecule has 1 heterocycles. The molecule has 0 aliphatic rings. The highest BCUT2D eigenvalue weighted by atomic mass is 16.5. The van der Waals surface area contributed by atoms with E-state index in [1.165, 1.54) is 5.56 Å². The molecule has 2 aromatic rings. The highest BCUT2D eigenvalue weighted by molar-refractivity contribution is 5.76. The highest BCUT2D eigenvalue weighted by Crippen LogP contribution is 2.23. The van der Waals surface area contributed by atoms with Gasteiger partial charge in [0.1, 0.15) is 0 Å². The molecule has 5 nitrogen and oxygen atoms in total. The Morgan fingerprint density at radius 2 is 1.92 bits per heavy atom. The minimum Gasteiger partial charge on any atom is -0.441 e. The van der Waals surface area contributed by atoms with Crippen LogP contribution in [-0.2, 0) is 16.0 Å². The number of ether oxygens (including phenoxy) is 1. The number of nitrogens with zero attached hydrogens (tertiary/aromatic N) is 1. The van der Waals surface area contributed by atoms with Crippen molar-refractivity contribution in [3.8, 4) is 11.3 Å². The van der Waals surface area contributed by atoms with Crippen LogP contribution in [0.4, 0.5) is 0 Å². The normalized spacial score (nSPS) is 11.3. The summed E-state index contributed by atoms with van der Waals surface area (Å²) in [5.41, 5.74) is 2.30. The van der Waals surface area contributed by atoms with Crippen LogP contribution < -0.4 is 5.32 Å². The lowest BCUT2D eigenvalue weighted by atomic mass is 10.0. The second kappa shape index (κ2) is 10.1. The molecule has 1 amide bonds. The average Bonchev–Trinajstić information content (AvgIpc) is 3.08. The summed E-state index contributed by atoms with van der Waals surface area (Å²) in [5, 5.41) is 2.89. The number of carbonyl (C=O) groups is 1. The first-order chi connectivity index (χ1) is 12.5. The van der Waals surface area contributed by atoms with Gasteiger partial charge in [-0.2, -0.15) is 0 Å². The number of aryl methyl sites for hydroxylation is 1. The predicted octanol–water partition coefficient (Wildman–Crippen LogP) is 4.33. The molecule has 142 valence electrons. The van der Waals surface area contributed by atoms with Crippen LogP contribution in [0.5, 0.6) is 0 Å². The molecule has 1 aromatic carbocycles. The Balaban J connectivity index is 1.75. The topological polar surface area (TPSA) is 64.4 Å². The first kappa shape index (κ1) is 20.2.